The standard InChI is InChI=1S/C8H8F2N2O3/c1-15-4-2-3(7(11)13)8(14)12-5(4)6(9)10/h2,6H,1H3,(H2,11,13)(H,12,14). The molecule has 0 spiro atoms. The van der Waals surface area contributed by atoms with Gasteiger partial charge in [0.05, 0.1) is 7.11 Å². The normalized spacial score (nSPS) is 10.4. The molecule has 0 fully saturated rings. The molecule has 1 amide bonds. The molecule has 0 bridgehead atoms. The fourth-order valence-electron chi connectivity index (χ4n) is 1.04. The Balaban J connectivity index is 3.42. The van der Waals surface area contributed by atoms with Crippen LogP contribution in [0.4, 0.5) is 8.78 Å². The van der Waals surface area contributed by atoms with Gasteiger partial charge in [-0.05, 0) is 0 Å². The molecule has 1 aromatic heterocycles. The Morgan fingerprint density at radius 2 is 2.20 bits per heavy atom. The summed E-state index contributed by atoms with van der Waals surface area (Å²) >= 11 is 0. The Hall–Kier alpha value is -1.92. The van der Waals surface area contributed by atoms with Crippen molar-refractivity contribution in [3.8, 4) is 5.75 Å². The number of methoxy groups -OCH3 is 1. The Bertz CT molecular complexity index is 442. The first-order valence-corrected chi connectivity index (χ1v) is 3.86. The topological polar surface area (TPSA) is 85.2 Å². The van der Waals surface area contributed by atoms with Crippen LogP contribution in [0.3, 0.4) is 0 Å². The summed E-state index contributed by atoms with van der Waals surface area (Å²) in [4.78, 5) is 23.7. The SMILES string of the molecule is COc1cc(C(N)=O)c(=O)[nH]c1C(F)F. The van der Waals surface area contributed by atoms with E-state index in [1.807, 2.05) is 4.98 Å². The highest BCUT2D eigenvalue weighted by Gasteiger charge is 2.18. The van der Waals surface area contributed by atoms with Crippen molar-refractivity contribution in [3.05, 3.63) is 27.7 Å². The number of hydrogen-bond acceptors (Lipinski definition) is 3. The van der Waals surface area contributed by atoms with Crippen LogP contribution < -0.4 is 16.0 Å². The maximum absolute atomic E-state index is 12.4. The molecule has 7 heteroatoms. The summed E-state index contributed by atoms with van der Waals surface area (Å²) in [6.07, 6.45) is -2.89. The van der Waals surface area contributed by atoms with Crippen molar-refractivity contribution >= 4 is 5.91 Å². The number of hydrogen-bond donors (Lipinski definition) is 2. The molecule has 5 nitrogen and oxygen atoms in total. The van der Waals surface area contributed by atoms with Crippen LogP contribution in [0.25, 0.3) is 0 Å². The van der Waals surface area contributed by atoms with E-state index in [0.717, 1.165) is 13.2 Å². The maximum atomic E-state index is 12.4. The molecule has 15 heavy (non-hydrogen) atoms. The van der Waals surface area contributed by atoms with E-state index in [-0.39, 0.29) is 5.75 Å². The number of ether oxygens (including phenoxy) is 1. The lowest BCUT2D eigenvalue weighted by Gasteiger charge is -2.07. The molecule has 1 aromatic rings. The lowest BCUT2D eigenvalue weighted by molar-refractivity contribution is 0.0996. The van der Waals surface area contributed by atoms with Crippen molar-refractivity contribution in [1.29, 1.82) is 0 Å². The second-order valence-corrected chi connectivity index (χ2v) is 2.66. The van der Waals surface area contributed by atoms with Gasteiger partial charge < -0.3 is 15.5 Å². The van der Waals surface area contributed by atoms with Crippen LogP contribution in [0.2, 0.25) is 0 Å². The number of aromatic amines is 1. The van der Waals surface area contributed by atoms with Crippen molar-refractivity contribution in [1.82, 2.24) is 4.98 Å². The van der Waals surface area contributed by atoms with Gasteiger partial charge in [0.25, 0.3) is 17.9 Å². The number of H-pyrrole nitrogens is 1. The van der Waals surface area contributed by atoms with Crippen LogP contribution in [-0.4, -0.2) is 18.0 Å². The van der Waals surface area contributed by atoms with Crippen LogP contribution in [0, 0.1) is 0 Å². The molecule has 0 saturated heterocycles. The van der Waals surface area contributed by atoms with Crippen LogP contribution in [0.1, 0.15) is 22.5 Å². The van der Waals surface area contributed by atoms with E-state index in [9.17, 15) is 18.4 Å². The number of alkyl halides is 2. The van der Waals surface area contributed by atoms with E-state index in [1.54, 1.807) is 0 Å². The number of aromatic nitrogens is 1. The van der Waals surface area contributed by atoms with Crippen molar-refractivity contribution < 1.29 is 18.3 Å². The van der Waals surface area contributed by atoms with E-state index in [0.29, 0.717) is 0 Å². The number of halogens is 2. The number of nitrogens with two attached hydrogens (primary N) is 1. The quantitative estimate of drug-likeness (QED) is 0.770. The maximum Gasteiger partial charge on any atom is 0.281 e. The average molecular weight is 218 g/mol. The fourth-order valence-corrected chi connectivity index (χ4v) is 1.04. The molecule has 0 unspecified atom stereocenters. The zero-order valence-corrected chi connectivity index (χ0v) is 7.71. The average Bonchev–Trinajstić information content (AvgIpc) is 2.16. The van der Waals surface area contributed by atoms with Gasteiger partial charge in [-0.2, -0.15) is 0 Å². The van der Waals surface area contributed by atoms with Gasteiger partial charge >= 0.3 is 0 Å². The third-order valence-corrected chi connectivity index (χ3v) is 1.74. The first-order valence-electron chi connectivity index (χ1n) is 3.86. The Morgan fingerprint density at radius 1 is 1.60 bits per heavy atom. The van der Waals surface area contributed by atoms with Gasteiger partial charge in [-0.1, -0.05) is 0 Å². The number of primary amides is 1. The molecule has 0 atom stereocenters. The Labute approximate surface area is 82.9 Å². The number of pyridine rings is 1. The van der Waals surface area contributed by atoms with Gasteiger partial charge in [-0.15, -0.1) is 0 Å². The minimum atomic E-state index is -2.89. The molecule has 3 N–H and O–H groups in total. The minimum Gasteiger partial charge on any atom is -0.495 e. The summed E-state index contributed by atoms with van der Waals surface area (Å²) in [5, 5.41) is 0. The van der Waals surface area contributed by atoms with Gasteiger partial charge in [-0.25, -0.2) is 8.78 Å². The first kappa shape index (κ1) is 11.2. The van der Waals surface area contributed by atoms with Gasteiger partial charge in [0.15, 0.2) is 0 Å². The summed E-state index contributed by atoms with van der Waals surface area (Å²) < 4.78 is 29.3. The molecule has 0 radical (unpaired) electrons. The zero-order valence-electron chi connectivity index (χ0n) is 7.71. The second-order valence-electron chi connectivity index (χ2n) is 2.66. The predicted molar refractivity (Wildman–Crippen MR) is 47.1 cm³/mol. The number of carbonyl (C=O) groups excluding carboxylic acids is 1. The molecule has 1 rings (SSSR count). The van der Waals surface area contributed by atoms with Gasteiger partial charge in [-0.3, -0.25) is 9.59 Å². The van der Waals surface area contributed by atoms with Gasteiger partial charge in [0.2, 0.25) is 0 Å². The van der Waals surface area contributed by atoms with Gasteiger partial charge in [0, 0.05) is 6.07 Å². The highest BCUT2D eigenvalue weighted by atomic mass is 19.3. The molecule has 1 heterocycles. The number of nitrogens with one attached hydrogen (secondary N) is 1. The molecular weight excluding hydrogens is 210 g/mol. The summed E-state index contributed by atoms with van der Waals surface area (Å²) in [5.41, 5.74) is 2.81. The first-order chi connectivity index (χ1) is 6.97. The van der Waals surface area contributed by atoms with Crippen molar-refractivity contribution in [2.45, 2.75) is 6.43 Å². The molecule has 0 aliphatic heterocycles. The largest absolute Gasteiger partial charge is 0.495 e. The van der Waals surface area contributed by atoms with Crippen molar-refractivity contribution in [2.75, 3.05) is 7.11 Å². The number of carbonyl (C=O) groups is 1. The van der Waals surface area contributed by atoms with Crippen LogP contribution in [0.15, 0.2) is 10.9 Å². The van der Waals surface area contributed by atoms with Crippen molar-refractivity contribution in [2.24, 2.45) is 5.73 Å². The van der Waals surface area contributed by atoms with E-state index in [1.165, 1.54) is 0 Å². The molecule has 0 aliphatic carbocycles. The van der Waals surface area contributed by atoms with Gasteiger partial charge in [0.1, 0.15) is 17.0 Å². The smallest absolute Gasteiger partial charge is 0.281 e. The van der Waals surface area contributed by atoms with Crippen LogP contribution >= 0.6 is 0 Å². The Morgan fingerprint density at radius 3 is 2.60 bits per heavy atom. The predicted octanol–water partition coefficient (Wildman–Crippen LogP) is 0.420. The molecule has 0 saturated carbocycles. The summed E-state index contributed by atoms with van der Waals surface area (Å²) in [7, 11) is 1.14. The monoisotopic (exact) mass is 218 g/mol. The summed E-state index contributed by atoms with van der Waals surface area (Å²) in [5.74, 6) is -1.28. The molecular formula is C8H8F2N2O3. The minimum absolute atomic E-state index is 0.279. The van der Waals surface area contributed by atoms with E-state index < -0.39 is 29.1 Å². The van der Waals surface area contributed by atoms with E-state index in [4.69, 9.17) is 5.73 Å². The van der Waals surface area contributed by atoms with Crippen LogP contribution in [-0.2, 0) is 0 Å². The fraction of sp³-hybridized carbons (Fsp3) is 0.250. The van der Waals surface area contributed by atoms with Crippen molar-refractivity contribution in [3.63, 3.8) is 0 Å². The molecule has 82 valence electrons. The summed E-state index contributed by atoms with van der Waals surface area (Å²) in [6.45, 7) is 0. The lowest BCUT2D eigenvalue weighted by Crippen LogP contribution is -2.24. The van der Waals surface area contributed by atoms with Crippen LogP contribution in [0.5, 0.6) is 5.75 Å². The van der Waals surface area contributed by atoms with E-state index in [2.05, 4.69) is 4.74 Å². The highest BCUT2D eigenvalue weighted by Crippen LogP contribution is 2.25. The third kappa shape index (κ3) is 2.12. The second kappa shape index (κ2) is 4.07. The lowest BCUT2D eigenvalue weighted by atomic mass is 10.2. The summed E-state index contributed by atoms with van der Waals surface area (Å²) in [6, 6.07) is 0.892. The third-order valence-electron chi connectivity index (χ3n) is 1.74. The highest BCUT2D eigenvalue weighted by molar-refractivity contribution is 5.92. The zero-order chi connectivity index (χ0) is 11.6. The Kier molecular flexibility index (Phi) is 3.03. The number of amides is 1. The number of rotatable bonds is 3. The van der Waals surface area contributed by atoms with E-state index >= 15 is 0 Å². The molecule has 0 aromatic carbocycles. The molecule has 0 aliphatic rings.